The van der Waals surface area contributed by atoms with E-state index in [4.69, 9.17) is 10.5 Å². The summed E-state index contributed by atoms with van der Waals surface area (Å²) in [6, 6.07) is 3.19. The number of nitrogens with one attached hydrogen (secondary N) is 1. The molecule has 4 unspecified atom stereocenters. The second-order valence-electron chi connectivity index (χ2n) is 7.31. The summed E-state index contributed by atoms with van der Waals surface area (Å²) < 4.78 is 41.1. The average Bonchev–Trinajstić information content (AvgIpc) is 3.12. The number of fused-ring (bicyclic) bond motifs is 1. The van der Waals surface area contributed by atoms with Crippen LogP contribution >= 0.6 is 0 Å². The van der Waals surface area contributed by atoms with Crippen molar-refractivity contribution in [1.82, 2.24) is 10.2 Å². The normalized spacial score (nSPS) is 33.7. The fourth-order valence-corrected chi connectivity index (χ4v) is 3.82. The summed E-state index contributed by atoms with van der Waals surface area (Å²) in [5.41, 5.74) is 6.15. The number of benzene rings is 1. The van der Waals surface area contributed by atoms with Crippen molar-refractivity contribution in [2.45, 2.75) is 50.4 Å². The molecule has 4 rings (SSSR count). The molecule has 3 fully saturated rings. The first kappa shape index (κ1) is 19.0. The highest BCUT2D eigenvalue weighted by atomic mass is 19.2. The van der Waals surface area contributed by atoms with Gasteiger partial charge in [0.15, 0.2) is 11.6 Å². The highest BCUT2D eigenvalue weighted by Crippen LogP contribution is 2.30. The maximum Gasteiger partial charge on any atom is 0.407 e. The van der Waals surface area contributed by atoms with Gasteiger partial charge in [-0.3, -0.25) is 4.90 Å². The predicted molar refractivity (Wildman–Crippen MR) is 89.9 cm³/mol. The number of alkyl carbamates (subject to hydrolysis) is 1. The van der Waals surface area contributed by atoms with E-state index in [2.05, 4.69) is 17.1 Å². The number of nitrogens with two attached hydrogens (primary N) is 1. The van der Waals surface area contributed by atoms with Crippen LogP contribution in [0.25, 0.3) is 0 Å². The molecule has 5 atom stereocenters. The number of nitrogens with zero attached hydrogens (tertiary/aromatic N) is 1. The molecule has 1 amide bonds. The highest BCUT2D eigenvalue weighted by Gasteiger charge is 2.44. The zero-order valence-corrected chi connectivity index (χ0v) is 14.6. The fraction of sp³-hybridized carbons (Fsp3) is 0.611. The number of hydrogen-bond acceptors (Lipinski definition) is 4. The van der Waals surface area contributed by atoms with Crippen LogP contribution in [0.1, 0.15) is 26.2 Å². The maximum atomic E-state index is 12.0. The minimum atomic E-state index is -1.16. The third kappa shape index (κ3) is 4.29. The minimum absolute atomic E-state index is 0.0538. The quantitative estimate of drug-likeness (QED) is 0.744. The van der Waals surface area contributed by atoms with Gasteiger partial charge >= 0.3 is 6.09 Å². The molecule has 144 valence electrons. The van der Waals surface area contributed by atoms with Crippen LogP contribution in [0.15, 0.2) is 18.2 Å². The van der Waals surface area contributed by atoms with E-state index in [0.717, 1.165) is 31.6 Å². The third-order valence-electron chi connectivity index (χ3n) is 5.48. The number of carbonyl (C=O) groups excluding carboxylic acids is 1. The van der Waals surface area contributed by atoms with Gasteiger partial charge in [0.1, 0.15) is 11.9 Å². The molecule has 1 aromatic carbocycles. The predicted octanol–water partition coefficient (Wildman–Crippen LogP) is 2.40. The van der Waals surface area contributed by atoms with Crippen molar-refractivity contribution < 1.29 is 22.7 Å². The Hall–Kier alpha value is -1.80. The molecular formula is C18H24F3N3O2. The van der Waals surface area contributed by atoms with Crippen molar-refractivity contribution >= 4 is 6.09 Å². The van der Waals surface area contributed by atoms with E-state index in [0.29, 0.717) is 24.1 Å². The monoisotopic (exact) mass is 371 g/mol. The van der Waals surface area contributed by atoms with Crippen LogP contribution in [0, 0.1) is 23.4 Å². The van der Waals surface area contributed by atoms with Gasteiger partial charge in [-0.05, 0) is 37.3 Å². The Morgan fingerprint density at radius 3 is 2.58 bits per heavy atom. The SMILES string of the molecule is CC1CCC(N2CC3NC(=O)OC3C2)C[C@@H]1N.Fc1ccc(F)c(F)c1. The fourth-order valence-electron chi connectivity index (χ4n) is 3.82. The van der Waals surface area contributed by atoms with Crippen molar-refractivity contribution in [3.05, 3.63) is 35.7 Å². The van der Waals surface area contributed by atoms with Crippen molar-refractivity contribution in [3.63, 3.8) is 0 Å². The van der Waals surface area contributed by atoms with Crippen LogP contribution < -0.4 is 11.1 Å². The van der Waals surface area contributed by atoms with E-state index in [1.165, 1.54) is 12.8 Å². The lowest BCUT2D eigenvalue weighted by Gasteiger charge is -2.37. The second kappa shape index (κ2) is 7.84. The van der Waals surface area contributed by atoms with E-state index < -0.39 is 17.5 Å². The lowest BCUT2D eigenvalue weighted by Crippen LogP contribution is -2.46. The van der Waals surface area contributed by atoms with Crippen LogP contribution in [-0.4, -0.2) is 48.3 Å². The van der Waals surface area contributed by atoms with Gasteiger partial charge in [-0.25, -0.2) is 18.0 Å². The minimum Gasteiger partial charge on any atom is -0.443 e. The maximum absolute atomic E-state index is 12.0. The molecule has 1 saturated carbocycles. The molecule has 2 saturated heterocycles. The van der Waals surface area contributed by atoms with Gasteiger partial charge in [0, 0.05) is 31.2 Å². The first-order chi connectivity index (χ1) is 12.3. The largest absolute Gasteiger partial charge is 0.443 e. The second-order valence-corrected chi connectivity index (χ2v) is 7.31. The number of hydrogen-bond donors (Lipinski definition) is 2. The number of carbonyl (C=O) groups is 1. The van der Waals surface area contributed by atoms with Crippen molar-refractivity contribution in [2.75, 3.05) is 13.1 Å². The number of rotatable bonds is 1. The van der Waals surface area contributed by atoms with Gasteiger partial charge in [-0.2, -0.15) is 0 Å². The Bertz CT molecular complexity index is 645. The van der Waals surface area contributed by atoms with Gasteiger partial charge in [0.2, 0.25) is 0 Å². The molecule has 2 heterocycles. The first-order valence-corrected chi connectivity index (χ1v) is 8.91. The summed E-state index contributed by atoms with van der Waals surface area (Å²) in [5, 5.41) is 2.87. The van der Waals surface area contributed by atoms with Crippen LogP contribution in [-0.2, 0) is 4.74 Å². The van der Waals surface area contributed by atoms with Gasteiger partial charge in [-0.1, -0.05) is 6.92 Å². The third-order valence-corrected chi connectivity index (χ3v) is 5.48. The first-order valence-electron chi connectivity index (χ1n) is 8.91. The van der Waals surface area contributed by atoms with E-state index in [1.807, 2.05) is 0 Å². The molecular weight excluding hydrogens is 347 g/mol. The van der Waals surface area contributed by atoms with Gasteiger partial charge in [-0.15, -0.1) is 0 Å². The Morgan fingerprint density at radius 1 is 1.19 bits per heavy atom. The Kier molecular flexibility index (Phi) is 5.72. The Balaban J connectivity index is 0.000000185. The van der Waals surface area contributed by atoms with Gasteiger partial charge < -0.3 is 15.8 Å². The van der Waals surface area contributed by atoms with E-state index in [-0.39, 0.29) is 18.2 Å². The van der Waals surface area contributed by atoms with E-state index in [1.54, 1.807) is 0 Å². The topological polar surface area (TPSA) is 67.6 Å². The number of likely N-dealkylation sites (tertiary alicyclic amines) is 1. The molecule has 8 heteroatoms. The van der Waals surface area contributed by atoms with E-state index in [9.17, 15) is 18.0 Å². The summed E-state index contributed by atoms with van der Waals surface area (Å²) in [6.45, 7) is 4.03. The zero-order chi connectivity index (χ0) is 18.8. The molecule has 0 aromatic heterocycles. The smallest absolute Gasteiger partial charge is 0.407 e. The molecule has 1 aromatic rings. The van der Waals surface area contributed by atoms with Crippen molar-refractivity contribution in [1.29, 1.82) is 0 Å². The summed E-state index contributed by atoms with van der Waals surface area (Å²) in [4.78, 5) is 13.5. The number of amides is 1. The molecule has 3 N–H and O–H groups in total. The molecule has 1 aliphatic carbocycles. The van der Waals surface area contributed by atoms with Crippen LogP contribution in [0.4, 0.5) is 18.0 Å². The molecule has 0 bridgehead atoms. The van der Waals surface area contributed by atoms with Gasteiger partial charge in [0.25, 0.3) is 0 Å². The molecule has 0 radical (unpaired) electrons. The van der Waals surface area contributed by atoms with Crippen LogP contribution in [0.3, 0.4) is 0 Å². The lowest BCUT2D eigenvalue weighted by atomic mass is 9.83. The van der Waals surface area contributed by atoms with Crippen LogP contribution in [0.2, 0.25) is 0 Å². The summed E-state index contributed by atoms with van der Waals surface area (Å²) in [7, 11) is 0. The summed E-state index contributed by atoms with van der Waals surface area (Å²) >= 11 is 0. The molecule has 0 spiro atoms. The van der Waals surface area contributed by atoms with Gasteiger partial charge in [0.05, 0.1) is 6.04 Å². The summed E-state index contributed by atoms with van der Waals surface area (Å²) in [6.07, 6.45) is 3.31. The van der Waals surface area contributed by atoms with Crippen molar-refractivity contribution in [2.24, 2.45) is 11.7 Å². The lowest BCUT2D eigenvalue weighted by molar-refractivity contribution is 0.106. The highest BCUT2D eigenvalue weighted by molar-refractivity contribution is 5.70. The Labute approximate surface area is 150 Å². The Morgan fingerprint density at radius 2 is 1.96 bits per heavy atom. The zero-order valence-electron chi connectivity index (χ0n) is 14.6. The number of halogens is 3. The standard InChI is InChI=1S/C12H21N3O2.C6H3F3/c1-7-2-3-8(4-9(7)13)15-5-10-11(6-15)17-12(16)14-10;7-4-1-2-5(8)6(9)3-4/h7-11H,2-6,13H2,1H3,(H,14,16);1-3H/t7?,8?,9-,10?,11?;/m0./s1. The molecule has 3 aliphatic rings. The molecule has 26 heavy (non-hydrogen) atoms. The van der Waals surface area contributed by atoms with Crippen molar-refractivity contribution in [3.8, 4) is 0 Å². The van der Waals surface area contributed by atoms with E-state index >= 15 is 0 Å². The van der Waals surface area contributed by atoms with Crippen LogP contribution in [0.5, 0.6) is 0 Å². The average molecular weight is 371 g/mol. The summed E-state index contributed by atoms with van der Waals surface area (Å²) in [5.74, 6) is -2.32. The number of ether oxygens (including phenoxy) is 1. The molecule has 5 nitrogen and oxygen atoms in total. The molecule has 2 aliphatic heterocycles.